The number of ether oxygens (including phenoxy) is 2. The Hall–Kier alpha value is -1.63. The van der Waals surface area contributed by atoms with E-state index in [0.717, 1.165) is 49.4 Å². The van der Waals surface area contributed by atoms with Gasteiger partial charge in [-0.3, -0.25) is 4.90 Å². The fraction of sp³-hybridized carbons (Fsp3) is 0.500. The zero-order valence-corrected chi connectivity index (χ0v) is 14.4. The molecule has 1 aliphatic rings. The number of fused-ring (bicyclic) bond motifs is 1. The maximum atomic E-state index is 5.86. The minimum atomic E-state index is 0. The van der Waals surface area contributed by atoms with Gasteiger partial charge in [-0.2, -0.15) is 4.98 Å². The average Bonchev–Trinajstić information content (AvgIpc) is 2.56. The second-order valence-corrected chi connectivity index (χ2v) is 5.57. The van der Waals surface area contributed by atoms with Gasteiger partial charge in [-0.15, -0.1) is 12.4 Å². The highest BCUT2D eigenvalue weighted by molar-refractivity contribution is 5.85. The van der Waals surface area contributed by atoms with Crippen LogP contribution < -0.4 is 9.47 Å². The number of likely N-dealkylation sites (N-methyl/N-ethyl adjacent to an activating group) is 1. The van der Waals surface area contributed by atoms with Crippen molar-refractivity contribution in [2.24, 2.45) is 0 Å². The van der Waals surface area contributed by atoms with Gasteiger partial charge in [-0.25, -0.2) is 4.98 Å². The van der Waals surface area contributed by atoms with Gasteiger partial charge in [0.1, 0.15) is 12.4 Å². The van der Waals surface area contributed by atoms with Crippen molar-refractivity contribution in [1.29, 1.82) is 0 Å². The molecule has 0 amide bonds. The lowest BCUT2D eigenvalue weighted by molar-refractivity contribution is 0.134. The first-order chi connectivity index (χ1) is 10.7. The first-order valence-corrected chi connectivity index (χ1v) is 7.59. The molecule has 1 fully saturated rings. The Bertz CT molecular complexity index is 633. The zero-order valence-electron chi connectivity index (χ0n) is 13.6. The third-order valence-electron chi connectivity index (χ3n) is 3.99. The second kappa shape index (κ2) is 8.29. The van der Waals surface area contributed by atoms with E-state index in [1.807, 2.05) is 18.2 Å². The van der Waals surface area contributed by atoms with E-state index in [1.54, 1.807) is 13.3 Å². The third kappa shape index (κ3) is 4.67. The van der Waals surface area contributed by atoms with Gasteiger partial charge in [0.25, 0.3) is 0 Å². The smallest absolute Gasteiger partial charge is 0.316 e. The van der Waals surface area contributed by atoms with Crippen LogP contribution >= 0.6 is 12.4 Å². The molecule has 1 aromatic heterocycles. The van der Waals surface area contributed by atoms with Crippen LogP contribution in [0.15, 0.2) is 24.4 Å². The Morgan fingerprint density at radius 2 is 1.96 bits per heavy atom. The lowest BCUT2D eigenvalue weighted by atomic mass is 10.2. The number of rotatable bonds is 5. The van der Waals surface area contributed by atoms with Crippen LogP contribution in [0.4, 0.5) is 0 Å². The Morgan fingerprint density at radius 3 is 2.70 bits per heavy atom. The Kier molecular flexibility index (Phi) is 6.38. The van der Waals surface area contributed by atoms with E-state index in [1.165, 1.54) is 0 Å². The summed E-state index contributed by atoms with van der Waals surface area (Å²) in [5.74, 6) is 0.836. The molecular weight excluding hydrogens is 316 g/mol. The van der Waals surface area contributed by atoms with Crippen molar-refractivity contribution in [2.75, 3.05) is 53.5 Å². The predicted molar refractivity (Wildman–Crippen MR) is 92.8 cm³/mol. The summed E-state index contributed by atoms with van der Waals surface area (Å²) in [5.41, 5.74) is 0.837. The van der Waals surface area contributed by atoms with Crippen LogP contribution in [0.5, 0.6) is 11.8 Å². The van der Waals surface area contributed by atoms with Gasteiger partial charge in [-0.1, -0.05) is 0 Å². The van der Waals surface area contributed by atoms with E-state index in [2.05, 4.69) is 26.8 Å². The molecule has 1 saturated heterocycles. The zero-order chi connectivity index (χ0) is 15.4. The summed E-state index contributed by atoms with van der Waals surface area (Å²) in [6, 6.07) is 6.24. The van der Waals surface area contributed by atoms with Crippen molar-refractivity contribution in [3.63, 3.8) is 0 Å². The molecule has 2 heterocycles. The summed E-state index contributed by atoms with van der Waals surface area (Å²) < 4.78 is 10.9. The summed E-state index contributed by atoms with van der Waals surface area (Å²) in [5, 5.41) is 0.979. The van der Waals surface area contributed by atoms with Crippen molar-refractivity contribution < 1.29 is 9.47 Å². The molecule has 0 atom stereocenters. The van der Waals surface area contributed by atoms with Gasteiger partial charge < -0.3 is 14.4 Å². The minimum absolute atomic E-state index is 0. The molecule has 23 heavy (non-hydrogen) atoms. The monoisotopic (exact) mass is 338 g/mol. The number of nitrogens with zero attached hydrogens (tertiary/aromatic N) is 4. The highest BCUT2D eigenvalue weighted by Gasteiger charge is 2.13. The van der Waals surface area contributed by atoms with Crippen LogP contribution in [0.25, 0.3) is 10.9 Å². The lowest BCUT2D eigenvalue weighted by Gasteiger charge is -2.32. The maximum Gasteiger partial charge on any atom is 0.316 e. The first kappa shape index (κ1) is 17.7. The van der Waals surface area contributed by atoms with Crippen molar-refractivity contribution in [3.8, 4) is 11.8 Å². The van der Waals surface area contributed by atoms with Gasteiger partial charge in [0.05, 0.1) is 12.6 Å². The number of methoxy groups -OCH3 is 1. The summed E-state index contributed by atoms with van der Waals surface area (Å²) in [6.45, 7) is 6.14. The average molecular weight is 339 g/mol. The van der Waals surface area contributed by atoms with Gasteiger partial charge in [0.2, 0.25) is 0 Å². The minimum Gasteiger partial charge on any atom is -0.492 e. The molecular formula is C16H23ClN4O2. The third-order valence-corrected chi connectivity index (χ3v) is 3.99. The van der Waals surface area contributed by atoms with Crippen molar-refractivity contribution in [3.05, 3.63) is 24.4 Å². The molecule has 0 saturated carbocycles. The summed E-state index contributed by atoms with van der Waals surface area (Å²) in [6.07, 6.45) is 1.76. The second-order valence-electron chi connectivity index (χ2n) is 5.57. The summed E-state index contributed by atoms with van der Waals surface area (Å²) in [7, 11) is 3.73. The van der Waals surface area contributed by atoms with E-state index in [-0.39, 0.29) is 12.4 Å². The van der Waals surface area contributed by atoms with Gasteiger partial charge in [0.15, 0.2) is 0 Å². The van der Waals surface area contributed by atoms with Gasteiger partial charge in [-0.05, 0) is 19.2 Å². The normalized spacial score (nSPS) is 16.1. The first-order valence-electron chi connectivity index (χ1n) is 7.59. The summed E-state index contributed by atoms with van der Waals surface area (Å²) >= 11 is 0. The van der Waals surface area contributed by atoms with Gasteiger partial charge >= 0.3 is 6.01 Å². The number of piperazine rings is 1. The Balaban J connectivity index is 0.00000192. The maximum absolute atomic E-state index is 5.86. The molecule has 3 rings (SSSR count). The molecule has 126 valence electrons. The largest absolute Gasteiger partial charge is 0.492 e. The van der Waals surface area contributed by atoms with Crippen molar-refractivity contribution in [1.82, 2.24) is 19.8 Å². The molecule has 6 nitrogen and oxygen atoms in total. The Morgan fingerprint density at radius 1 is 1.17 bits per heavy atom. The van der Waals surface area contributed by atoms with Crippen molar-refractivity contribution in [2.45, 2.75) is 0 Å². The number of halogens is 1. The van der Waals surface area contributed by atoms with Crippen LogP contribution in [-0.2, 0) is 0 Å². The van der Waals surface area contributed by atoms with Crippen LogP contribution in [0.2, 0.25) is 0 Å². The number of aromatic nitrogens is 2. The van der Waals surface area contributed by atoms with Gasteiger partial charge in [0, 0.05) is 50.4 Å². The molecule has 0 aliphatic carbocycles. The molecule has 0 spiro atoms. The molecule has 1 aromatic carbocycles. The molecule has 0 bridgehead atoms. The quantitative estimate of drug-likeness (QED) is 0.827. The molecule has 0 radical (unpaired) electrons. The van der Waals surface area contributed by atoms with Crippen LogP contribution in [0.3, 0.4) is 0 Å². The van der Waals surface area contributed by atoms with Crippen molar-refractivity contribution >= 4 is 23.3 Å². The fourth-order valence-corrected chi connectivity index (χ4v) is 2.54. The predicted octanol–water partition coefficient (Wildman–Crippen LogP) is 1.69. The topological polar surface area (TPSA) is 50.7 Å². The highest BCUT2D eigenvalue weighted by Crippen LogP contribution is 2.20. The standard InChI is InChI=1S/C16H22N4O2.ClH/c1-19-5-7-20(8-6-19)9-10-22-14-4-3-13-12-17-16(21-2)18-15(13)11-14;/h3-4,11-12H,5-10H2,1-2H3;1H. The fourth-order valence-electron chi connectivity index (χ4n) is 2.54. The molecule has 0 unspecified atom stereocenters. The molecule has 2 aromatic rings. The van der Waals surface area contributed by atoms with E-state index in [9.17, 15) is 0 Å². The van der Waals surface area contributed by atoms with Crippen LogP contribution in [0.1, 0.15) is 0 Å². The lowest BCUT2D eigenvalue weighted by Crippen LogP contribution is -2.45. The van der Waals surface area contributed by atoms with E-state index in [0.29, 0.717) is 12.6 Å². The summed E-state index contributed by atoms with van der Waals surface area (Å²) in [4.78, 5) is 13.2. The van der Waals surface area contributed by atoms with E-state index in [4.69, 9.17) is 9.47 Å². The number of benzene rings is 1. The van der Waals surface area contributed by atoms with Crippen LogP contribution in [-0.4, -0.2) is 73.3 Å². The molecule has 1 aliphatic heterocycles. The van der Waals surface area contributed by atoms with E-state index >= 15 is 0 Å². The SMILES string of the molecule is COc1ncc2ccc(OCCN3CCN(C)CC3)cc2n1.Cl. The highest BCUT2D eigenvalue weighted by atomic mass is 35.5. The van der Waals surface area contributed by atoms with E-state index < -0.39 is 0 Å². The molecule has 0 N–H and O–H groups in total. The van der Waals surface area contributed by atoms with Crippen LogP contribution in [0, 0.1) is 0 Å². The Labute approximate surface area is 142 Å². The number of hydrogen-bond donors (Lipinski definition) is 0. The molecule has 7 heteroatoms. The number of hydrogen-bond acceptors (Lipinski definition) is 6.